The first kappa shape index (κ1) is 14.7. The fourth-order valence-corrected chi connectivity index (χ4v) is 2.95. The number of halogens is 4. The van der Waals surface area contributed by atoms with Crippen molar-refractivity contribution in [2.45, 2.75) is 37.9 Å². The molecule has 0 aliphatic carbocycles. The van der Waals surface area contributed by atoms with Crippen molar-refractivity contribution < 1.29 is 13.2 Å². The van der Waals surface area contributed by atoms with E-state index in [1.807, 2.05) is 0 Å². The second-order valence-corrected chi connectivity index (χ2v) is 5.66. The van der Waals surface area contributed by atoms with Gasteiger partial charge in [-0.1, -0.05) is 15.9 Å². The van der Waals surface area contributed by atoms with Crippen LogP contribution in [0.1, 0.15) is 31.2 Å². The Kier molecular flexibility index (Phi) is 4.76. The molecule has 19 heavy (non-hydrogen) atoms. The molecule has 1 unspecified atom stereocenters. The molecule has 0 bridgehead atoms. The van der Waals surface area contributed by atoms with Gasteiger partial charge in [0.25, 0.3) is 0 Å². The lowest BCUT2D eigenvalue weighted by Gasteiger charge is -2.27. The van der Waals surface area contributed by atoms with Gasteiger partial charge in [0, 0.05) is 23.6 Å². The SMILES string of the molecule is FC(F)(F)c1ccc(N2CCCC2CCCBr)cc1. The fraction of sp³-hybridized carbons (Fsp3) is 0.571. The normalized spacial score (nSPS) is 20.0. The van der Waals surface area contributed by atoms with Gasteiger partial charge in [0.2, 0.25) is 0 Å². The molecule has 1 aromatic rings. The Bertz CT molecular complexity index is 402. The van der Waals surface area contributed by atoms with E-state index in [-0.39, 0.29) is 0 Å². The molecular weight excluding hydrogens is 319 g/mol. The zero-order valence-corrected chi connectivity index (χ0v) is 12.2. The van der Waals surface area contributed by atoms with E-state index in [0.717, 1.165) is 43.2 Å². The lowest BCUT2D eigenvalue weighted by molar-refractivity contribution is -0.137. The highest BCUT2D eigenvalue weighted by molar-refractivity contribution is 9.09. The van der Waals surface area contributed by atoms with Crippen LogP contribution in [-0.4, -0.2) is 17.9 Å². The molecule has 0 aromatic heterocycles. The van der Waals surface area contributed by atoms with Crippen molar-refractivity contribution >= 4 is 21.6 Å². The lowest BCUT2D eigenvalue weighted by atomic mass is 10.1. The van der Waals surface area contributed by atoms with Crippen LogP contribution in [-0.2, 0) is 6.18 Å². The van der Waals surface area contributed by atoms with Crippen LogP contribution in [0.15, 0.2) is 24.3 Å². The first-order chi connectivity index (χ1) is 9.02. The molecule has 0 saturated carbocycles. The van der Waals surface area contributed by atoms with Gasteiger partial charge in [0.1, 0.15) is 0 Å². The van der Waals surface area contributed by atoms with Crippen LogP contribution in [0.3, 0.4) is 0 Å². The van der Waals surface area contributed by atoms with E-state index in [9.17, 15) is 13.2 Å². The Labute approximate surface area is 119 Å². The average molecular weight is 336 g/mol. The molecular formula is C14H17BrF3N. The largest absolute Gasteiger partial charge is 0.416 e. The van der Waals surface area contributed by atoms with Gasteiger partial charge in [0.15, 0.2) is 0 Å². The highest BCUT2D eigenvalue weighted by atomic mass is 79.9. The second kappa shape index (κ2) is 6.16. The summed E-state index contributed by atoms with van der Waals surface area (Å²) in [5.41, 5.74) is 0.331. The summed E-state index contributed by atoms with van der Waals surface area (Å²) in [6.07, 6.45) is 0.189. The van der Waals surface area contributed by atoms with Gasteiger partial charge in [-0.15, -0.1) is 0 Å². The third kappa shape index (κ3) is 3.65. The van der Waals surface area contributed by atoms with Gasteiger partial charge >= 0.3 is 6.18 Å². The summed E-state index contributed by atoms with van der Waals surface area (Å²) < 4.78 is 37.6. The van der Waals surface area contributed by atoms with Gasteiger partial charge in [-0.2, -0.15) is 13.2 Å². The van der Waals surface area contributed by atoms with Crippen molar-refractivity contribution in [2.75, 3.05) is 16.8 Å². The summed E-state index contributed by atoms with van der Waals surface area (Å²) in [4.78, 5) is 2.24. The Morgan fingerprint density at radius 3 is 2.47 bits per heavy atom. The standard InChI is InChI=1S/C14H17BrF3N/c15-9-1-3-12-4-2-10-19(12)13-7-5-11(6-8-13)14(16,17)18/h5-8,12H,1-4,9-10H2. The first-order valence-electron chi connectivity index (χ1n) is 6.52. The summed E-state index contributed by atoms with van der Waals surface area (Å²) in [5, 5.41) is 0.977. The Morgan fingerprint density at radius 2 is 1.89 bits per heavy atom. The number of anilines is 1. The highest BCUT2D eigenvalue weighted by Crippen LogP contribution is 2.33. The molecule has 0 spiro atoms. The molecule has 0 radical (unpaired) electrons. The number of hydrogen-bond donors (Lipinski definition) is 0. The van der Waals surface area contributed by atoms with E-state index < -0.39 is 11.7 Å². The molecule has 1 nitrogen and oxygen atoms in total. The maximum Gasteiger partial charge on any atom is 0.416 e. The smallest absolute Gasteiger partial charge is 0.369 e. The molecule has 1 fully saturated rings. The Morgan fingerprint density at radius 1 is 1.21 bits per heavy atom. The van der Waals surface area contributed by atoms with Crippen LogP contribution in [0.25, 0.3) is 0 Å². The van der Waals surface area contributed by atoms with E-state index in [4.69, 9.17) is 0 Å². The van der Waals surface area contributed by atoms with Crippen molar-refractivity contribution in [2.24, 2.45) is 0 Å². The molecule has 2 rings (SSSR count). The minimum absolute atomic E-state index is 0.467. The van der Waals surface area contributed by atoms with Crippen LogP contribution in [0.5, 0.6) is 0 Å². The number of nitrogens with zero attached hydrogens (tertiary/aromatic N) is 1. The topological polar surface area (TPSA) is 3.24 Å². The molecule has 1 aromatic carbocycles. The zero-order valence-electron chi connectivity index (χ0n) is 10.6. The number of hydrogen-bond acceptors (Lipinski definition) is 1. The van der Waals surface area contributed by atoms with Gasteiger partial charge in [-0.05, 0) is 49.9 Å². The molecule has 1 atom stereocenters. The predicted molar refractivity (Wildman–Crippen MR) is 74.8 cm³/mol. The van der Waals surface area contributed by atoms with Gasteiger partial charge in [0.05, 0.1) is 5.56 Å². The van der Waals surface area contributed by atoms with Crippen molar-refractivity contribution in [1.29, 1.82) is 0 Å². The summed E-state index contributed by atoms with van der Waals surface area (Å²) in [7, 11) is 0. The maximum absolute atomic E-state index is 12.5. The molecule has 1 aliphatic heterocycles. The number of rotatable bonds is 4. The van der Waals surface area contributed by atoms with Crippen LogP contribution < -0.4 is 4.90 Å². The highest BCUT2D eigenvalue weighted by Gasteiger charge is 2.31. The summed E-state index contributed by atoms with van der Waals surface area (Å²) in [6, 6.07) is 6.00. The van der Waals surface area contributed by atoms with Crippen LogP contribution in [0.4, 0.5) is 18.9 Å². The Balaban J connectivity index is 2.08. The molecule has 1 saturated heterocycles. The third-order valence-corrected chi connectivity index (χ3v) is 4.14. The maximum atomic E-state index is 12.5. The first-order valence-corrected chi connectivity index (χ1v) is 7.64. The summed E-state index contributed by atoms with van der Waals surface area (Å²) in [5.74, 6) is 0. The predicted octanol–water partition coefficient (Wildman–Crippen LogP) is 4.85. The van der Waals surface area contributed by atoms with E-state index in [2.05, 4.69) is 20.8 Å². The van der Waals surface area contributed by atoms with E-state index in [0.29, 0.717) is 6.04 Å². The lowest BCUT2D eigenvalue weighted by Crippen LogP contribution is -2.29. The van der Waals surface area contributed by atoms with E-state index in [1.54, 1.807) is 12.1 Å². The number of benzene rings is 1. The van der Waals surface area contributed by atoms with Gasteiger partial charge in [-0.3, -0.25) is 0 Å². The number of alkyl halides is 4. The zero-order chi connectivity index (χ0) is 13.9. The quantitative estimate of drug-likeness (QED) is 0.711. The summed E-state index contributed by atoms with van der Waals surface area (Å²) in [6.45, 7) is 0.943. The fourth-order valence-electron chi connectivity index (χ4n) is 2.63. The van der Waals surface area contributed by atoms with Crippen molar-refractivity contribution in [3.63, 3.8) is 0 Å². The van der Waals surface area contributed by atoms with Crippen molar-refractivity contribution in [3.05, 3.63) is 29.8 Å². The molecule has 1 aliphatic rings. The molecule has 106 valence electrons. The van der Waals surface area contributed by atoms with Gasteiger partial charge in [-0.25, -0.2) is 0 Å². The molecule has 0 N–H and O–H groups in total. The summed E-state index contributed by atoms with van der Waals surface area (Å²) >= 11 is 3.42. The third-order valence-electron chi connectivity index (χ3n) is 3.57. The minimum atomic E-state index is -4.25. The van der Waals surface area contributed by atoms with Crippen LogP contribution in [0, 0.1) is 0 Å². The minimum Gasteiger partial charge on any atom is -0.369 e. The Hall–Kier alpha value is -0.710. The monoisotopic (exact) mass is 335 g/mol. The van der Waals surface area contributed by atoms with E-state index in [1.165, 1.54) is 12.1 Å². The van der Waals surface area contributed by atoms with E-state index >= 15 is 0 Å². The molecule has 5 heteroatoms. The molecule has 0 amide bonds. The van der Waals surface area contributed by atoms with Crippen molar-refractivity contribution in [3.8, 4) is 0 Å². The average Bonchev–Trinajstić information content (AvgIpc) is 2.83. The van der Waals surface area contributed by atoms with Crippen LogP contribution >= 0.6 is 15.9 Å². The van der Waals surface area contributed by atoms with Gasteiger partial charge < -0.3 is 4.90 Å². The van der Waals surface area contributed by atoms with Crippen LogP contribution in [0.2, 0.25) is 0 Å². The van der Waals surface area contributed by atoms with Crippen molar-refractivity contribution in [1.82, 2.24) is 0 Å². The molecule has 1 heterocycles. The second-order valence-electron chi connectivity index (χ2n) is 4.87.